The summed E-state index contributed by atoms with van der Waals surface area (Å²) in [5.74, 6) is -0.419. The van der Waals surface area contributed by atoms with E-state index in [2.05, 4.69) is 38.5 Å². The third kappa shape index (κ3) is 5.98. The number of nitrogens with one attached hydrogen (secondary N) is 3. The second kappa shape index (κ2) is 9.94. The predicted octanol–water partition coefficient (Wildman–Crippen LogP) is 3.33. The van der Waals surface area contributed by atoms with E-state index >= 15 is 0 Å². The van der Waals surface area contributed by atoms with Gasteiger partial charge in [-0.25, -0.2) is 0 Å². The van der Waals surface area contributed by atoms with E-state index < -0.39 is 0 Å². The molecule has 1 fully saturated rings. The van der Waals surface area contributed by atoms with Crippen molar-refractivity contribution in [2.75, 3.05) is 18.5 Å². The Morgan fingerprint density at radius 2 is 1.89 bits per heavy atom. The summed E-state index contributed by atoms with van der Waals surface area (Å²) >= 11 is 7.34. The van der Waals surface area contributed by atoms with Crippen molar-refractivity contribution in [3.05, 3.63) is 63.2 Å². The largest absolute Gasteiger partial charge is 0.376 e. The molecule has 1 saturated heterocycles. The van der Waals surface area contributed by atoms with Gasteiger partial charge in [-0.1, -0.05) is 6.07 Å². The number of rotatable bonds is 5. The number of hydrogen-bond acceptors (Lipinski definition) is 4. The first-order valence-corrected chi connectivity index (χ1v) is 10.4. The summed E-state index contributed by atoms with van der Waals surface area (Å²) in [5, 5.41) is 8.67. The second-order valence-electron chi connectivity index (χ2n) is 6.34. The van der Waals surface area contributed by atoms with Crippen LogP contribution in [0.2, 0.25) is 0 Å². The van der Waals surface area contributed by atoms with E-state index in [0.717, 1.165) is 23.0 Å². The molecule has 0 saturated carbocycles. The molecule has 2 amide bonds. The summed E-state index contributed by atoms with van der Waals surface area (Å²) in [6.07, 6.45) is 2.13. The van der Waals surface area contributed by atoms with E-state index in [-0.39, 0.29) is 23.0 Å². The van der Waals surface area contributed by atoms with Crippen LogP contribution in [0.4, 0.5) is 5.69 Å². The molecular formula is C20H20IN3O3S. The fraction of sp³-hybridized carbons (Fsp3) is 0.250. The van der Waals surface area contributed by atoms with Crippen LogP contribution in [0.1, 0.15) is 33.6 Å². The maximum absolute atomic E-state index is 12.2. The van der Waals surface area contributed by atoms with Crippen LogP contribution in [0, 0.1) is 3.57 Å². The molecular weight excluding hydrogens is 489 g/mol. The van der Waals surface area contributed by atoms with E-state index in [1.807, 2.05) is 12.1 Å². The summed E-state index contributed by atoms with van der Waals surface area (Å²) in [6, 6.07) is 14.1. The number of anilines is 1. The predicted molar refractivity (Wildman–Crippen MR) is 121 cm³/mol. The molecule has 0 aromatic heterocycles. The number of carbonyl (C=O) groups excluding carboxylic acids is 2. The summed E-state index contributed by atoms with van der Waals surface area (Å²) in [5.41, 5.74) is 1.77. The molecule has 2 aromatic carbocycles. The van der Waals surface area contributed by atoms with Gasteiger partial charge in [0.1, 0.15) is 0 Å². The van der Waals surface area contributed by atoms with Gasteiger partial charge in [0, 0.05) is 33.5 Å². The van der Waals surface area contributed by atoms with Crippen molar-refractivity contribution in [3.63, 3.8) is 0 Å². The molecule has 2 aromatic rings. The van der Waals surface area contributed by atoms with Gasteiger partial charge in [0.15, 0.2) is 5.11 Å². The van der Waals surface area contributed by atoms with Crippen LogP contribution in [-0.4, -0.2) is 36.2 Å². The molecule has 3 N–H and O–H groups in total. The van der Waals surface area contributed by atoms with E-state index in [4.69, 9.17) is 17.0 Å². The van der Waals surface area contributed by atoms with Crippen molar-refractivity contribution < 1.29 is 14.3 Å². The second-order valence-corrected chi connectivity index (χ2v) is 7.99. The van der Waals surface area contributed by atoms with Crippen LogP contribution in [0.5, 0.6) is 0 Å². The van der Waals surface area contributed by atoms with Crippen LogP contribution in [0.25, 0.3) is 0 Å². The van der Waals surface area contributed by atoms with Gasteiger partial charge in [-0.2, -0.15) is 0 Å². The Morgan fingerprint density at radius 1 is 1.11 bits per heavy atom. The number of hydrogen-bond donors (Lipinski definition) is 3. The fourth-order valence-corrected chi connectivity index (χ4v) is 3.54. The van der Waals surface area contributed by atoms with Gasteiger partial charge in [-0.15, -0.1) is 0 Å². The maximum atomic E-state index is 12.2. The lowest BCUT2D eigenvalue weighted by molar-refractivity contribution is 0.0857. The maximum Gasteiger partial charge on any atom is 0.257 e. The third-order valence-corrected chi connectivity index (χ3v) is 5.11. The van der Waals surface area contributed by atoms with Crippen LogP contribution in [0.15, 0.2) is 48.5 Å². The number of halogens is 1. The van der Waals surface area contributed by atoms with Crippen molar-refractivity contribution in [1.82, 2.24) is 10.6 Å². The lowest BCUT2D eigenvalue weighted by atomic mass is 10.2. The molecule has 1 aliphatic heterocycles. The lowest BCUT2D eigenvalue weighted by Crippen LogP contribution is -2.34. The normalized spacial score (nSPS) is 15.7. The van der Waals surface area contributed by atoms with E-state index in [0.29, 0.717) is 23.4 Å². The van der Waals surface area contributed by atoms with Gasteiger partial charge in [0.25, 0.3) is 11.8 Å². The Bertz CT molecular complexity index is 867. The number of benzene rings is 2. The van der Waals surface area contributed by atoms with Crippen molar-refractivity contribution in [1.29, 1.82) is 0 Å². The highest BCUT2D eigenvalue weighted by Gasteiger charge is 2.16. The summed E-state index contributed by atoms with van der Waals surface area (Å²) in [4.78, 5) is 24.4. The van der Waals surface area contributed by atoms with E-state index in [1.54, 1.807) is 36.4 Å². The summed E-state index contributed by atoms with van der Waals surface area (Å²) < 4.78 is 6.47. The molecule has 1 unspecified atom stereocenters. The first-order chi connectivity index (χ1) is 13.5. The zero-order valence-electron chi connectivity index (χ0n) is 15.0. The number of carbonyl (C=O) groups is 2. The van der Waals surface area contributed by atoms with Crippen LogP contribution < -0.4 is 16.0 Å². The SMILES string of the molecule is O=C(NCC1CCCO1)c1ccc(NC(=S)NC(=O)c2cccc(I)c2)cc1. The van der Waals surface area contributed by atoms with Crippen molar-refractivity contribution >= 4 is 57.4 Å². The quantitative estimate of drug-likeness (QED) is 0.426. The van der Waals surface area contributed by atoms with Gasteiger partial charge < -0.3 is 15.4 Å². The average molecular weight is 509 g/mol. The summed E-state index contributed by atoms with van der Waals surface area (Å²) in [7, 11) is 0. The third-order valence-electron chi connectivity index (χ3n) is 4.23. The van der Waals surface area contributed by atoms with Crippen LogP contribution in [-0.2, 0) is 4.74 Å². The highest BCUT2D eigenvalue weighted by molar-refractivity contribution is 14.1. The number of ether oxygens (including phenoxy) is 1. The van der Waals surface area contributed by atoms with Crippen LogP contribution >= 0.6 is 34.8 Å². The minimum atomic E-state index is -0.277. The Labute approximate surface area is 182 Å². The molecule has 1 atom stereocenters. The molecule has 146 valence electrons. The first kappa shape index (κ1) is 20.7. The fourth-order valence-electron chi connectivity index (χ4n) is 2.79. The van der Waals surface area contributed by atoms with Crippen molar-refractivity contribution in [2.24, 2.45) is 0 Å². The molecule has 0 radical (unpaired) electrons. The Hall–Kier alpha value is -2.04. The number of thiocarbonyl (C=S) groups is 1. The van der Waals surface area contributed by atoms with Gasteiger partial charge >= 0.3 is 0 Å². The number of amides is 2. The van der Waals surface area contributed by atoms with Gasteiger partial charge in [-0.3, -0.25) is 14.9 Å². The molecule has 0 spiro atoms. The van der Waals surface area contributed by atoms with Gasteiger partial charge in [0.2, 0.25) is 0 Å². The monoisotopic (exact) mass is 509 g/mol. The minimum Gasteiger partial charge on any atom is -0.376 e. The Kier molecular flexibility index (Phi) is 7.35. The minimum absolute atomic E-state index is 0.110. The molecule has 3 rings (SSSR count). The lowest BCUT2D eigenvalue weighted by Gasteiger charge is -2.12. The highest BCUT2D eigenvalue weighted by atomic mass is 127. The van der Waals surface area contributed by atoms with Crippen molar-refractivity contribution in [3.8, 4) is 0 Å². The Morgan fingerprint density at radius 3 is 2.57 bits per heavy atom. The first-order valence-electron chi connectivity index (χ1n) is 8.89. The molecule has 1 aliphatic rings. The zero-order chi connectivity index (χ0) is 19.9. The standard InChI is InChI=1S/C20H20IN3O3S/c21-15-4-1-3-14(11-15)19(26)24-20(28)23-16-8-6-13(7-9-16)18(25)22-12-17-5-2-10-27-17/h1,3-4,6-9,11,17H,2,5,10,12H2,(H,22,25)(H2,23,24,26,28). The smallest absolute Gasteiger partial charge is 0.257 e. The van der Waals surface area contributed by atoms with Crippen LogP contribution in [0.3, 0.4) is 0 Å². The van der Waals surface area contributed by atoms with E-state index in [9.17, 15) is 9.59 Å². The molecule has 1 heterocycles. The molecule has 6 nitrogen and oxygen atoms in total. The highest BCUT2D eigenvalue weighted by Crippen LogP contribution is 2.13. The molecule has 0 aliphatic carbocycles. The van der Waals surface area contributed by atoms with Gasteiger partial charge in [-0.05, 0) is 90.1 Å². The van der Waals surface area contributed by atoms with E-state index in [1.165, 1.54) is 0 Å². The Balaban J connectivity index is 1.49. The molecule has 0 bridgehead atoms. The average Bonchev–Trinajstić information content (AvgIpc) is 3.20. The summed E-state index contributed by atoms with van der Waals surface area (Å²) in [6.45, 7) is 1.29. The molecule has 8 heteroatoms. The van der Waals surface area contributed by atoms with Gasteiger partial charge in [0.05, 0.1) is 6.10 Å². The zero-order valence-corrected chi connectivity index (χ0v) is 18.0. The molecule has 28 heavy (non-hydrogen) atoms. The van der Waals surface area contributed by atoms with Crippen molar-refractivity contribution in [2.45, 2.75) is 18.9 Å². The topological polar surface area (TPSA) is 79.5 Å².